The van der Waals surface area contributed by atoms with Gasteiger partial charge in [0, 0.05) is 35.4 Å². The Balaban J connectivity index is 1.60. The lowest BCUT2D eigenvalue weighted by Gasteiger charge is -2.54. The van der Waals surface area contributed by atoms with E-state index in [9.17, 15) is 4.79 Å². The maximum Gasteiger partial charge on any atom is 0.319 e. The van der Waals surface area contributed by atoms with E-state index in [1.165, 1.54) is 5.56 Å². The molecule has 2 amide bonds. The van der Waals surface area contributed by atoms with Crippen molar-refractivity contribution in [2.45, 2.75) is 38.2 Å². The number of rotatable bonds is 4. The van der Waals surface area contributed by atoms with Gasteiger partial charge in [-0.05, 0) is 30.4 Å². The molecule has 1 aromatic rings. The predicted molar refractivity (Wildman–Crippen MR) is 91.2 cm³/mol. The summed E-state index contributed by atoms with van der Waals surface area (Å²) in [5.74, 6) is 1.41. The Morgan fingerprint density at radius 1 is 1.45 bits per heavy atom. The monoisotopic (exact) mass is 320 g/mol. The van der Waals surface area contributed by atoms with E-state index in [2.05, 4.69) is 36.8 Å². The van der Waals surface area contributed by atoms with E-state index >= 15 is 0 Å². The molecular weight excluding hydrogens is 296 g/mol. The van der Waals surface area contributed by atoms with E-state index in [4.69, 9.17) is 4.74 Å². The zero-order valence-electron chi connectivity index (χ0n) is 13.4. The largest absolute Gasteiger partial charge is 0.377 e. The number of fused-ring (bicyclic) bond motifs is 1. The summed E-state index contributed by atoms with van der Waals surface area (Å²) in [4.78, 5) is 12.3. The van der Waals surface area contributed by atoms with Crippen molar-refractivity contribution in [2.75, 3.05) is 18.2 Å². The molecule has 1 aliphatic heterocycles. The van der Waals surface area contributed by atoms with Crippen LogP contribution in [-0.2, 0) is 10.5 Å². The first-order chi connectivity index (χ1) is 10.5. The molecule has 1 saturated carbocycles. The topological polar surface area (TPSA) is 50.4 Å². The van der Waals surface area contributed by atoms with E-state index in [0.29, 0.717) is 12.0 Å². The van der Waals surface area contributed by atoms with Gasteiger partial charge < -0.3 is 15.4 Å². The van der Waals surface area contributed by atoms with Gasteiger partial charge in [0.2, 0.25) is 0 Å². The molecule has 0 spiro atoms. The van der Waals surface area contributed by atoms with Gasteiger partial charge in [-0.1, -0.05) is 26.0 Å². The van der Waals surface area contributed by atoms with Gasteiger partial charge >= 0.3 is 6.03 Å². The van der Waals surface area contributed by atoms with Crippen LogP contribution >= 0.6 is 11.8 Å². The van der Waals surface area contributed by atoms with Crippen molar-refractivity contribution in [3.63, 3.8) is 0 Å². The second-order valence-electron chi connectivity index (χ2n) is 6.77. The van der Waals surface area contributed by atoms with Crippen LogP contribution in [0.3, 0.4) is 0 Å². The highest BCUT2D eigenvalue weighted by Gasteiger charge is 2.59. The number of hydrogen-bond acceptors (Lipinski definition) is 3. The van der Waals surface area contributed by atoms with Crippen molar-refractivity contribution in [2.24, 2.45) is 11.3 Å². The maximum absolute atomic E-state index is 12.3. The fourth-order valence-corrected chi connectivity index (χ4v) is 4.34. The van der Waals surface area contributed by atoms with Crippen LogP contribution in [0.15, 0.2) is 24.3 Å². The van der Waals surface area contributed by atoms with Crippen LogP contribution in [0.1, 0.15) is 25.8 Å². The summed E-state index contributed by atoms with van der Waals surface area (Å²) in [6, 6.07) is 8.09. The number of carbonyl (C=O) groups excluding carboxylic acids is 1. The molecule has 2 aliphatic rings. The average Bonchev–Trinajstić information content (AvgIpc) is 2.92. The molecule has 0 radical (unpaired) electrons. The van der Waals surface area contributed by atoms with Crippen LogP contribution < -0.4 is 10.6 Å². The number of ether oxygens (including phenoxy) is 1. The van der Waals surface area contributed by atoms with E-state index < -0.39 is 0 Å². The summed E-state index contributed by atoms with van der Waals surface area (Å²) in [7, 11) is 0. The Kier molecular flexibility index (Phi) is 4.37. The summed E-state index contributed by atoms with van der Waals surface area (Å²) >= 11 is 1.77. The van der Waals surface area contributed by atoms with Crippen LogP contribution in [0.25, 0.3) is 0 Å². The minimum atomic E-state index is -0.121. The highest BCUT2D eigenvalue weighted by atomic mass is 32.2. The molecule has 1 heterocycles. The number of nitrogens with one attached hydrogen (secondary N) is 2. The molecule has 22 heavy (non-hydrogen) atoms. The minimum absolute atomic E-state index is 0.0131. The number of urea groups is 1. The Morgan fingerprint density at radius 2 is 2.27 bits per heavy atom. The molecule has 3 rings (SSSR count). The second-order valence-corrected chi connectivity index (χ2v) is 7.64. The first kappa shape index (κ1) is 15.7. The molecule has 120 valence electrons. The molecule has 1 saturated heterocycles. The van der Waals surface area contributed by atoms with Crippen LogP contribution in [0.2, 0.25) is 0 Å². The summed E-state index contributed by atoms with van der Waals surface area (Å²) in [6.45, 7) is 5.16. The maximum atomic E-state index is 12.3. The van der Waals surface area contributed by atoms with E-state index in [1.807, 2.05) is 18.2 Å². The quantitative estimate of drug-likeness (QED) is 0.893. The first-order valence-electron chi connectivity index (χ1n) is 7.79. The number of benzene rings is 1. The molecule has 2 fully saturated rings. The lowest BCUT2D eigenvalue weighted by molar-refractivity contribution is -0.107. The van der Waals surface area contributed by atoms with E-state index in [0.717, 1.165) is 24.5 Å². The Hall–Kier alpha value is -1.20. The van der Waals surface area contributed by atoms with Crippen molar-refractivity contribution in [3.05, 3.63) is 29.8 Å². The zero-order valence-corrected chi connectivity index (χ0v) is 14.2. The SMILES string of the molecule is CSCc1cccc(NC(=O)NC2C3CCOC3C2(C)C)c1. The molecule has 0 aromatic heterocycles. The summed E-state index contributed by atoms with van der Waals surface area (Å²) in [5.41, 5.74) is 2.08. The Bertz CT molecular complexity index is 561. The summed E-state index contributed by atoms with van der Waals surface area (Å²) in [6.07, 6.45) is 3.41. The number of carbonyl (C=O) groups is 1. The van der Waals surface area contributed by atoms with Gasteiger partial charge in [0.05, 0.1) is 6.10 Å². The van der Waals surface area contributed by atoms with Crippen LogP contribution in [-0.4, -0.2) is 31.0 Å². The number of anilines is 1. The van der Waals surface area contributed by atoms with Crippen LogP contribution in [0, 0.1) is 11.3 Å². The van der Waals surface area contributed by atoms with Gasteiger partial charge in [0.15, 0.2) is 0 Å². The van der Waals surface area contributed by atoms with Gasteiger partial charge in [-0.25, -0.2) is 4.79 Å². The van der Waals surface area contributed by atoms with Crippen molar-refractivity contribution in [1.29, 1.82) is 0 Å². The molecule has 3 atom stereocenters. The van der Waals surface area contributed by atoms with Crippen molar-refractivity contribution in [3.8, 4) is 0 Å². The molecule has 5 heteroatoms. The zero-order chi connectivity index (χ0) is 15.7. The standard InChI is InChI=1S/C17H24N2O2S/c1-17(2)14(13-7-8-21-15(13)17)19-16(20)18-12-6-4-5-11(9-12)10-22-3/h4-6,9,13-15H,7-8,10H2,1-3H3,(H2,18,19,20). The highest BCUT2D eigenvalue weighted by Crippen LogP contribution is 2.52. The van der Waals surface area contributed by atoms with Gasteiger partial charge in [-0.3, -0.25) is 0 Å². The summed E-state index contributed by atoms with van der Waals surface area (Å²) < 4.78 is 5.77. The Morgan fingerprint density at radius 3 is 3.05 bits per heavy atom. The van der Waals surface area contributed by atoms with Gasteiger partial charge in [0.1, 0.15) is 0 Å². The van der Waals surface area contributed by atoms with E-state index in [1.54, 1.807) is 11.8 Å². The molecule has 1 aliphatic carbocycles. The van der Waals surface area contributed by atoms with Crippen molar-refractivity contribution >= 4 is 23.5 Å². The third-order valence-corrected chi connectivity index (χ3v) is 5.50. The minimum Gasteiger partial charge on any atom is -0.377 e. The fourth-order valence-electron chi connectivity index (χ4n) is 3.83. The first-order valence-corrected chi connectivity index (χ1v) is 9.19. The molecular formula is C17H24N2O2S. The molecule has 3 unspecified atom stereocenters. The van der Waals surface area contributed by atoms with Crippen molar-refractivity contribution in [1.82, 2.24) is 5.32 Å². The third kappa shape index (κ3) is 2.84. The normalized spacial score (nSPS) is 28.6. The summed E-state index contributed by atoms with van der Waals surface area (Å²) in [5, 5.41) is 6.10. The van der Waals surface area contributed by atoms with Gasteiger partial charge in [-0.15, -0.1) is 0 Å². The van der Waals surface area contributed by atoms with Gasteiger partial charge in [0.25, 0.3) is 0 Å². The predicted octanol–water partition coefficient (Wildman–Crippen LogP) is 3.48. The van der Waals surface area contributed by atoms with E-state index in [-0.39, 0.29) is 17.5 Å². The number of thioether (sulfide) groups is 1. The van der Waals surface area contributed by atoms with Crippen LogP contribution in [0.4, 0.5) is 10.5 Å². The lowest BCUT2D eigenvalue weighted by atomic mass is 9.57. The molecule has 1 aromatic carbocycles. The molecule has 2 N–H and O–H groups in total. The smallest absolute Gasteiger partial charge is 0.319 e. The Labute approximate surface area is 136 Å². The lowest BCUT2D eigenvalue weighted by Crippen LogP contribution is -2.67. The average molecular weight is 320 g/mol. The van der Waals surface area contributed by atoms with Crippen molar-refractivity contribution < 1.29 is 9.53 Å². The number of hydrogen-bond donors (Lipinski definition) is 2. The second kappa shape index (κ2) is 6.13. The van der Waals surface area contributed by atoms with Gasteiger partial charge in [-0.2, -0.15) is 11.8 Å². The molecule has 0 bridgehead atoms. The number of amides is 2. The molecule has 4 nitrogen and oxygen atoms in total. The fraction of sp³-hybridized carbons (Fsp3) is 0.588. The third-order valence-electron chi connectivity index (χ3n) is 4.88. The van der Waals surface area contributed by atoms with Crippen LogP contribution in [0.5, 0.6) is 0 Å². The highest BCUT2D eigenvalue weighted by molar-refractivity contribution is 7.97.